The summed E-state index contributed by atoms with van der Waals surface area (Å²) in [5.41, 5.74) is -0.244. The lowest BCUT2D eigenvalue weighted by Gasteiger charge is -2.55. The van der Waals surface area contributed by atoms with Crippen molar-refractivity contribution < 1.29 is 18.0 Å². The third-order valence-corrected chi connectivity index (χ3v) is 10.1. The maximum Gasteiger partial charge on any atom is 0.282 e. The summed E-state index contributed by atoms with van der Waals surface area (Å²) in [6.45, 7) is 5.88. The molecule has 5 rings (SSSR count). The van der Waals surface area contributed by atoms with E-state index in [-0.39, 0.29) is 23.8 Å². The van der Waals surface area contributed by atoms with E-state index in [1.165, 1.54) is 27.9 Å². The number of rotatable bonds is 7. The van der Waals surface area contributed by atoms with E-state index in [1.807, 2.05) is 13.8 Å². The Kier molecular flexibility index (Phi) is 6.16. The number of piperazine rings is 1. The largest absolute Gasteiger partial charge is 0.347 e. The van der Waals surface area contributed by atoms with Gasteiger partial charge < -0.3 is 10.2 Å². The van der Waals surface area contributed by atoms with Crippen LogP contribution in [-0.4, -0.2) is 79.6 Å². The highest BCUT2D eigenvalue weighted by atomic mass is 32.2. The molecule has 8 nitrogen and oxygen atoms in total. The van der Waals surface area contributed by atoms with Gasteiger partial charge in [0.2, 0.25) is 11.8 Å². The lowest BCUT2D eigenvalue weighted by Crippen LogP contribution is -2.57. The van der Waals surface area contributed by atoms with E-state index >= 15 is 0 Å². The molecular formula is C21H36N4O4S. The predicted octanol–water partition coefficient (Wildman–Crippen LogP) is 1.05. The summed E-state index contributed by atoms with van der Waals surface area (Å²) in [5, 5.41) is 2.94. The Bertz CT molecular complexity index is 737. The van der Waals surface area contributed by atoms with Gasteiger partial charge in [0.1, 0.15) is 0 Å². The molecule has 4 aliphatic carbocycles. The molecule has 9 heteroatoms. The highest BCUT2D eigenvalue weighted by Crippen LogP contribution is 2.60. The van der Waals surface area contributed by atoms with Crippen LogP contribution in [0.1, 0.15) is 52.4 Å². The van der Waals surface area contributed by atoms with Crippen molar-refractivity contribution in [2.75, 3.05) is 45.8 Å². The topological polar surface area (TPSA) is 90.0 Å². The van der Waals surface area contributed by atoms with Crippen LogP contribution in [0.15, 0.2) is 0 Å². The Hall–Kier alpha value is -1.19. The maximum atomic E-state index is 13.0. The first-order valence-corrected chi connectivity index (χ1v) is 13.0. The number of carbonyl (C=O) groups excluding carboxylic acids is 2. The zero-order chi connectivity index (χ0) is 21.5. The number of nitrogens with zero attached hydrogens (tertiary/aromatic N) is 3. The third kappa shape index (κ3) is 4.00. The van der Waals surface area contributed by atoms with Gasteiger partial charge in [0.25, 0.3) is 10.2 Å². The Morgan fingerprint density at radius 1 is 0.933 bits per heavy atom. The summed E-state index contributed by atoms with van der Waals surface area (Å²) >= 11 is 0. The fraction of sp³-hybridized carbons (Fsp3) is 0.905. The molecule has 0 aromatic carbocycles. The van der Waals surface area contributed by atoms with E-state index in [9.17, 15) is 18.0 Å². The van der Waals surface area contributed by atoms with Crippen LogP contribution in [0.4, 0.5) is 0 Å². The number of hydrogen-bond acceptors (Lipinski definition) is 4. The standard InChI is InChI=1S/C21H36N4O4S/c1-3-24(4-2)30(28,29)25-7-5-23(6-8-25)19(26)15-22-20(27)21-12-16-9-17(13-21)11-18(10-16)14-21/h16-18H,3-15H2,1-2H3,(H,22,27). The molecule has 1 aliphatic heterocycles. The summed E-state index contributed by atoms with van der Waals surface area (Å²) < 4.78 is 28.2. The van der Waals surface area contributed by atoms with Crippen molar-refractivity contribution in [3.63, 3.8) is 0 Å². The van der Waals surface area contributed by atoms with E-state index in [0.717, 1.165) is 19.3 Å². The molecule has 5 fully saturated rings. The van der Waals surface area contributed by atoms with Gasteiger partial charge in [-0.3, -0.25) is 9.59 Å². The Balaban J connectivity index is 1.27. The molecule has 1 N–H and O–H groups in total. The highest BCUT2D eigenvalue weighted by Gasteiger charge is 2.54. The Morgan fingerprint density at radius 3 is 1.90 bits per heavy atom. The molecule has 30 heavy (non-hydrogen) atoms. The lowest BCUT2D eigenvalue weighted by molar-refractivity contribution is -0.148. The summed E-state index contributed by atoms with van der Waals surface area (Å²) in [4.78, 5) is 27.4. The van der Waals surface area contributed by atoms with E-state index in [1.54, 1.807) is 4.90 Å². The van der Waals surface area contributed by atoms with Crippen molar-refractivity contribution in [3.05, 3.63) is 0 Å². The van der Waals surface area contributed by atoms with E-state index in [4.69, 9.17) is 0 Å². The molecule has 0 atom stereocenters. The van der Waals surface area contributed by atoms with Crippen LogP contribution >= 0.6 is 0 Å². The van der Waals surface area contributed by atoms with Gasteiger partial charge in [0.05, 0.1) is 6.54 Å². The quantitative estimate of drug-likeness (QED) is 0.641. The zero-order valence-corrected chi connectivity index (χ0v) is 19.1. The number of carbonyl (C=O) groups is 2. The monoisotopic (exact) mass is 440 g/mol. The van der Waals surface area contributed by atoms with E-state index in [2.05, 4.69) is 5.32 Å². The van der Waals surface area contributed by atoms with Gasteiger partial charge in [0, 0.05) is 44.7 Å². The van der Waals surface area contributed by atoms with Crippen LogP contribution in [0.2, 0.25) is 0 Å². The number of hydrogen-bond donors (Lipinski definition) is 1. The zero-order valence-electron chi connectivity index (χ0n) is 18.3. The maximum absolute atomic E-state index is 13.0. The normalized spacial score (nSPS) is 33.8. The fourth-order valence-corrected chi connectivity index (χ4v) is 8.33. The Labute approximate surface area is 180 Å². The van der Waals surface area contributed by atoms with E-state index < -0.39 is 10.2 Å². The van der Waals surface area contributed by atoms with Gasteiger partial charge >= 0.3 is 0 Å². The first-order valence-electron chi connectivity index (χ1n) is 11.6. The molecule has 4 bridgehead atoms. The molecular weight excluding hydrogens is 404 g/mol. The molecule has 0 aromatic heterocycles. The van der Waals surface area contributed by atoms with Crippen molar-refractivity contribution in [1.82, 2.24) is 18.8 Å². The first-order chi connectivity index (χ1) is 14.3. The van der Waals surface area contributed by atoms with Crippen LogP contribution in [-0.2, 0) is 19.8 Å². The molecule has 1 saturated heterocycles. The smallest absolute Gasteiger partial charge is 0.282 e. The summed E-state index contributed by atoms with van der Waals surface area (Å²) in [6.07, 6.45) is 6.81. The van der Waals surface area contributed by atoms with Crippen LogP contribution in [0.5, 0.6) is 0 Å². The van der Waals surface area contributed by atoms with Gasteiger partial charge in [-0.2, -0.15) is 17.0 Å². The fourth-order valence-electron chi connectivity index (χ4n) is 6.73. The third-order valence-electron chi connectivity index (χ3n) is 7.87. The second-order valence-corrected chi connectivity index (χ2v) is 11.7. The van der Waals surface area contributed by atoms with Crippen molar-refractivity contribution in [1.29, 1.82) is 0 Å². The highest BCUT2D eigenvalue weighted by molar-refractivity contribution is 7.86. The molecule has 0 unspecified atom stereocenters. The summed E-state index contributed by atoms with van der Waals surface area (Å²) in [5.74, 6) is 2.03. The molecule has 5 aliphatic rings. The summed E-state index contributed by atoms with van der Waals surface area (Å²) in [7, 11) is -3.47. The van der Waals surface area contributed by atoms with Crippen molar-refractivity contribution >= 4 is 22.0 Å². The molecule has 1 heterocycles. The SMILES string of the molecule is CCN(CC)S(=O)(=O)N1CCN(C(=O)CNC(=O)C23CC4CC(CC(C4)C2)C3)CC1. The van der Waals surface area contributed by atoms with Crippen LogP contribution in [0.25, 0.3) is 0 Å². The summed E-state index contributed by atoms with van der Waals surface area (Å²) in [6, 6.07) is 0. The first kappa shape index (κ1) is 22.0. The van der Waals surface area contributed by atoms with Gasteiger partial charge in [-0.25, -0.2) is 0 Å². The minimum absolute atomic E-state index is 0.0172. The second kappa shape index (κ2) is 8.39. The minimum atomic E-state index is -3.47. The van der Waals surface area contributed by atoms with Crippen LogP contribution in [0, 0.1) is 23.2 Å². The van der Waals surface area contributed by atoms with Gasteiger partial charge in [0.15, 0.2) is 0 Å². The Morgan fingerprint density at radius 2 is 1.43 bits per heavy atom. The van der Waals surface area contributed by atoms with E-state index in [0.29, 0.717) is 57.0 Å². The average molecular weight is 441 g/mol. The van der Waals surface area contributed by atoms with Gasteiger partial charge in [-0.1, -0.05) is 13.8 Å². The second-order valence-electron chi connectivity index (χ2n) is 9.75. The van der Waals surface area contributed by atoms with Crippen molar-refractivity contribution in [3.8, 4) is 0 Å². The molecule has 4 saturated carbocycles. The number of amides is 2. The predicted molar refractivity (Wildman–Crippen MR) is 114 cm³/mol. The molecule has 0 spiro atoms. The van der Waals surface area contributed by atoms with Gasteiger partial charge in [-0.15, -0.1) is 0 Å². The average Bonchev–Trinajstić information content (AvgIpc) is 2.71. The van der Waals surface area contributed by atoms with Crippen molar-refractivity contribution in [2.24, 2.45) is 23.2 Å². The van der Waals surface area contributed by atoms with Crippen molar-refractivity contribution in [2.45, 2.75) is 52.4 Å². The minimum Gasteiger partial charge on any atom is -0.347 e. The lowest BCUT2D eigenvalue weighted by atomic mass is 9.49. The molecule has 0 radical (unpaired) electrons. The molecule has 170 valence electrons. The van der Waals surface area contributed by atoms with Crippen LogP contribution in [0.3, 0.4) is 0 Å². The van der Waals surface area contributed by atoms with Crippen LogP contribution < -0.4 is 5.32 Å². The number of nitrogens with one attached hydrogen (secondary N) is 1. The van der Waals surface area contributed by atoms with Gasteiger partial charge in [-0.05, 0) is 56.3 Å². The molecule has 0 aromatic rings. The molecule has 2 amide bonds.